The molecule has 0 bridgehead atoms. The summed E-state index contributed by atoms with van der Waals surface area (Å²) in [6.45, 7) is 0. The predicted octanol–water partition coefficient (Wildman–Crippen LogP) is 3.70. The van der Waals surface area contributed by atoms with Gasteiger partial charge in [-0.05, 0) is 38.4 Å². The molecule has 2 rings (SSSR count). The van der Waals surface area contributed by atoms with Gasteiger partial charge in [0.1, 0.15) is 6.10 Å². The van der Waals surface area contributed by atoms with Gasteiger partial charge in [0.15, 0.2) is 0 Å². The van der Waals surface area contributed by atoms with Gasteiger partial charge in [0.05, 0.1) is 15.4 Å². The Kier molecular flexibility index (Phi) is 4.14. The van der Waals surface area contributed by atoms with Gasteiger partial charge in [-0.15, -0.1) is 11.3 Å². The number of hydrogen-bond acceptors (Lipinski definition) is 3. The average Bonchev–Trinajstić information content (AvgIpc) is 2.75. The van der Waals surface area contributed by atoms with Crippen molar-refractivity contribution < 1.29 is 5.11 Å². The van der Waals surface area contributed by atoms with Crippen molar-refractivity contribution in [1.82, 2.24) is 4.90 Å². The quantitative estimate of drug-likeness (QED) is 0.908. The third-order valence-corrected chi connectivity index (χ3v) is 5.42. The number of aliphatic hydroxyl groups excluding tert-OH is 1. The number of nitrogens with zero attached hydrogens (tertiary/aromatic N) is 1. The SMILES string of the molecule is CN(C)C1(C(O)c2sccc2Cl)CCCCC1. The van der Waals surface area contributed by atoms with Crippen molar-refractivity contribution >= 4 is 22.9 Å². The Morgan fingerprint density at radius 3 is 2.47 bits per heavy atom. The minimum absolute atomic E-state index is 0.132. The lowest BCUT2D eigenvalue weighted by molar-refractivity contribution is -0.0316. The molecule has 1 saturated carbocycles. The molecule has 1 heterocycles. The molecule has 0 saturated heterocycles. The second-order valence-corrected chi connectivity index (χ2v) is 6.45. The number of likely N-dealkylation sites (N-methyl/N-ethyl adjacent to an activating group) is 1. The molecule has 1 N–H and O–H groups in total. The first-order chi connectivity index (χ1) is 8.08. The lowest BCUT2D eigenvalue weighted by Gasteiger charge is -2.46. The first-order valence-electron chi connectivity index (χ1n) is 6.16. The van der Waals surface area contributed by atoms with Crippen LogP contribution in [0, 0.1) is 0 Å². The van der Waals surface area contributed by atoms with E-state index in [1.807, 2.05) is 11.4 Å². The first-order valence-corrected chi connectivity index (χ1v) is 7.42. The van der Waals surface area contributed by atoms with Crippen LogP contribution >= 0.6 is 22.9 Å². The van der Waals surface area contributed by atoms with Gasteiger partial charge in [-0.2, -0.15) is 0 Å². The minimum Gasteiger partial charge on any atom is -0.386 e. The Balaban J connectivity index is 2.30. The van der Waals surface area contributed by atoms with Crippen molar-refractivity contribution in [2.45, 2.75) is 43.7 Å². The van der Waals surface area contributed by atoms with Crippen LogP contribution in [-0.2, 0) is 0 Å². The van der Waals surface area contributed by atoms with E-state index >= 15 is 0 Å². The zero-order valence-electron chi connectivity index (χ0n) is 10.4. The maximum atomic E-state index is 10.7. The summed E-state index contributed by atoms with van der Waals surface area (Å²) in [5.41, 5.74) is -0.132. The van der Waals surface area contributed by atoms with E-state index < -0.39 is 6.10 Å². The summed E-state index contributed by atoms with van der Waals surface area (Å²) in [4.78, 5) is 3.11. The summed E-state index contributed by atoms with van der Waals surface area (Å²) < 4.78 is 0. The lowest BCUT2D eigenvalue weighted by atomic mass is 9.76. The monoisotopic (exact) mass is 273 g/mol. The highest BCUT2D eigenvalue weighted by Gasteiger charge is 2.42. The zero-order chi connectivity index (χ0) is 12.5. The van der Waals surface area contributed by atoms with Crippen molar-refractivity contribution in [3.8, 4) is 0 Å². The average molecular weight is 274 g/mol. The van der Waals surface area contributed by atoms with Crippen LogP contribution in [0.15, 0.2) is 11.4 Å². The maximum absolute atomic E-state index is 10.7. The third-order valence-electron chi connectivity index (χ3n) is 4.01. The molecule has 1 aromatic heterocycles. The second kappa shape index (κ2) is 5.27. The van der Waals surface area contributed by atoms with Crippen LogP contribution in [0.2, 0.25) is 5.02 Å². The molecule has 1 aromatic rings. The van der Waals surface area contributed by atoms with E-state index in [0.29, 0.717) is 5.02 Å². The normalized spacial score (nSPS) is 21.7. The summed E-state index contributed by atoms with van der Waals surface area (Å²) in [6, 6.07) is 1.87. The van der Waals surface area contributed by atoms with E-state index in [2.05, 4.69) is 19.0 Å². The Morgan fingerprint density at radius 1 is 1.35 bits per heavy atom. The zero-order valence-corrected chi connectivity index (χ0v) is 12.0. The van der Waals surface area contributed by atoms with E-state index in [1.54, 1.807) is 11.3 Å². The van der Waals surface area contributed by atoms with Crippen LogP contribution in [0.4, 0.5) is 0 Å². The molecule has 1 aliphatic carbocycles. The minimum atomic E-state index is -0.467. The van der Waals surface area contributed by atoms with Crippen molar-refractivity contribution in [3.05, 3.63) is 21.3 Å². The second-order valence-electron chi connectivity index (χ2n) is 5.09. The highest BCUT2D eigenvalue weighted by atomic mass is 35.5. The van der Waals surface area contributed by atoms with Crippen molar-refractivity contribution in [3.63, 3.8) is 0 Å². The molecule has 1 fully saturated rings. The van der Waals surface area contributed by atoms with Gasteiger partial charge < -0.3 is 10.0 Å². The van der Waals surface area contributed by atoms with E-state index in [4.69, 9.17) is 11.6 Å². The van der Waals surface area contributed by atoms with Gasteiger partial charge >= 0.3 is 0 Å². The molecule has 4 heteroatoms. The van der Waals surface area contributed by atoms with Crippen LogP contribution < -0.4 is 0 Å². The van der Waals surface area contributed by atoms with E-state index in [0.717, 1.165) is 17.7 Å². The van der Waals surface area contributed by atoms with Gasteiger partial charge in [-0.3, -0.25) is 0 Å². The number of rotatable bonds is 3. The molecule has 96 valence electrons. The molecule has 1 unspecified atom stereocenters. The largest absolute Gasteiger partial charge is 0.386 e. The van der Waals surface area contributed by atoms with Crippen molar-refractivity contribution in [2.24, 2.45) is 0 Å². The number of halogens is 1. The van der Waals surface area contributed by atoms with Crippen molar-refractivity contribution in [2.75, 3.05) is 14.1 Å². The van der Waals surface area contributed by atoms with Crippen LogP contribution in [0.25, 0.3) is 0 Å². The van der Waals surface area contributed by atoms with Gasteiger partial charge in [0, 0.05) is 0 Å². The molecule has 0 spiro atoms. The molecule has 1 atom stereocenters. The fraction of sp³-hybridized carbons (Fsp3) is 0.692. The Labute approximate surface area is 112 Å². The van der Waals surface area contributed by atoms with Crippen molar-refractivity contribution in [1.29, 1.82) is 0 Å². The Morgan fingerprint density at radius 2 is 2.00 bits per heavy atom. The molecule has 0 aromatic carbocycles. The predicted molar refractivity (Wildman–Crippen MR) is 73.8 cm³/mol. The molecule has 17 heavy (non-hydrogen) atoms. The number of hydrogen-bond donors (Lipinski definition) is 1. The molecule has 1 aliphatic rings. The van der Waals surface area contributed by atoms with Crippen LogP contribution in [0.3, 0.4) is 0 Å². The van der Waals surface area contributed by atoms with Gasteiger partial charge in [0.25, 0.3) is 0 Å². The fourth-order valence-corrected chi connectivity index (χ4v) is 4.13. The summed E-state index contributed by atoms with van der Waals surface area (Å²) in [5.74, 6) is 0. The lowest BCUT2D eigenvalue weighted by Crippen LogP contribution is -2.50. The summed E-state index contributed by atoms with van der Waals surface area (Å²) in [6.07, 6.45) is 5.30. The first kappa shape index (κ1) is 13.3. The van der Waals surface area contributed by atoms with Crippen LogP contribution in [0.5, 0.6) is 0 Å². The standard InChI is InChI=1S/C13H20ClNOS/c1-15(2)13(7-4-3-5-8-13)12(16)11-10(14)6-9-17-11/h6,9,12,16H,3-5,7-8H2,1-2H3. The molecule has 2 nitrogen and oxygen atoms in total. The topological polar surface area (TPSA) is 23.5 Å². The van der Waals surface area contributed by atoms with Gasteiger partial charge in [0.2, 0.25) is 0 Å². The number of thiophene rings is 1. The number of aliphatic hydroxyl groups is 1. The summed E-state index contributed by atoms with van der Waals surface area (Å²) >= 11 is 7.71. The molecule has 0 aliphatic heterocycles. The fourth-order valence-electron chi connectivity index (χ4n) is 2.87. The maximum Gasteiger partial charge on any atom is 0.108 e. The van der Waals surface area contributed by atoms with E-state index in [9.17, 15) is 5.11 Å². The molecular formula is C13H20ClNOS. The third kappa shape index (κ3) is 2.39. The summed E-state index contributed by atoms with van der Waals surface area (Å²) in [7, 11) is 4.13. The Bertz CT molecular complexity index is 371. The van der Waals surface area contributed by atoms with Gasteiger partial charge in [-0.25, -0.2) is 0 Å². The molecule has 0 radical (unpaired) electrons. The van der Waals surface area contributed by atoms with Crippen LogP contribution in [-0.4, -0.2) is 29.6 Å². The highest BCUT2D eigenvalue weighted by molar-refractivity contribution is 7.10. The van der Waals surface area contributed by atoms with Crippen LogP contribution in [0.1, 0.15) is 43.1 Å². The molecule has 0 amide bonds. The smallest absolute Gasteiger partial charge is 0.108 e. The van der Waals surface area contributed by atoms with E-state index in [-0.39, 0.29) is 5.54 Å². The van der Waals surface area contributed by atoms with Gasteiger partial charge in [-0.1, -0.05) is 30.9 Å². The highest BCUT2D eigenvalue weighted by Crippen LogP contribution is 2.45. The Hall–Kier alpha value is -0.0900. The molecular weight excluding hydrogens is 254 g/mol. The summed E-state index contributed by atoms with van der Waals surface area (Å²) in [5, 5.41) is 13.4. The van der Waals surface area contributed by atoms with E-state index in [1.165, 1.54) is 19.3 Å².